The lowest BCUT2D eigenvalue weighted by atomic mass is 10.0. The minimum absolute atomic E-state index is 0.0900. The summed E-state index contributed by atoms with van der Waals surface area (Å²) in [5.74, 6) is 2.47. The van der Waals surface area contributed by atoms with Crippen LogP contribution in [0.5, 0.6) is 0 Å². The maximum absolute atomic E-state index is 10.7. The molecule has 1 fully saturated rings. The second-order valence-electron chi connectivity index (χ2n) is 5.92. The smallest absolute Gasteiger partial charge is 0.289 e. The van der Waals surface area contributed by atoms with Gasteiger partial charge in [-0.1, -0.05) is 35.9 Å². The number of aromatic nitrogens is 1. The molecule has 3 unspecified atom stereocenters. The first kappa shape index (κ1) is 13.5. The summed E-state index contributed by atoms with van der Waals surface area (Å²) in [5, 5.41) is 14.2. The monoisotopic (exact) mass is 315 g/mol. The van der Waals surface area contributed by atoms with E-state index >= 15 is 0 Å². The molecule has 0 amide bonds. The molecule has 2 aliphatic rings. The fraction of sp³-hybridized carbons (Fsp3) is 0.312. The Labute approximate surface area is 132 Å². The van der Waals surface area contributed by atoms with Gasteiger partial charge in [-0.25, -0.2) is 4.98 Å². The molecule has 5 nitrogen and oxygen atoms in total. The number of anilines is 1. The van der Waals surface area contributed by atoms with E-state index in [1.165, 1.54) is 23.4 Å². The molecule has 112 valence electrons. The molecule has 22 heavy (non-hydrogen) atoms. The molecule has 0 spiro atoms. The molecule has 1 heterocycles. The van der Waals surface area contributed by atoms with Gasteiger partial charge in [0.2, 0.25) is 0 Å². The van der Waals surface area contributed by atoms with E-state index in [0.717, 1.165) is 13.0 Å². The first-order chi connectivity index (χ1) is 10.6. The number of hydrogen-bond acceptors (Lipinski definition) is 4. The fourth-order valence-electron chi connectivity index (χ4n) is 3.63. The Kier molecular flexibility index (Phi) is 3.04. The molecule has 0 radical (unpaired) electrons. The summed E-state index contributed by atoms with van der Waals surface area (Å²) < 4.78 is 0. The highest BCUT2D eigenvalue weighted by molar-refractivity contribution is 6.33. The number of pyridine rings is 1. The van der Waals surface area contributed by atoms with Gasteiger partial charge in [0.05, 0.1) is 9.95 Å². The normalized spacial score (nSPS) is 24.5. The second kappa shape index (κ2) is 4.95. The first-order valence-electron chi connectivity index (χ1n) is 7.27. The van der Waals surface area contributed by atoms with Gasteiger partial charge < -0.3 is 5.32 Å². The van der Waals surface area contributed by atoms with Crippen LogP contribution in [0.1, 0.15) is 17.0 Å². The summed E-state index contributed by atoms with van der Waals surface area (Å²) in [6.45, 7) is 0.800. The SMILES string of the molecule is O=[N+]([O-])c1cnc(NCC2C3Cc4ccccc4C23)c(Cl)c1. The van der Waals surface area contributed by atoms with Gasteiger partial charge in [0, 0.05) is 12.6 Å². The van der Waals surface area contributed by atoms with Crippen molar-refractivity contribution in [3.05, 3.63) is 62.8 Å². The van der Waals surface area contributed by atoms with E-state index in [1.807, 2.05) is 0 Å². The quantitative estimate of drug-likeness (QED) is 0.691. The Morgan fingerprint density at radius 1 is 1.41 bits per heavy atom. The molecule has 1 saturated carbocycles. The van der Waals surface area contributed by atoms with Crippen molar-refractivity contribution in [3.63, 3.8) is 0 Å². The molecule has 1 N–H and O–H groups in total. The lowest BCUT2D eigenvalue weighted by Crippen LogP contribution is -2.09. The van der Waals surface area contributed by atoms with Crippen LogP contribution in [0.3, 0.4) is 0 Å². The molecular formula is C16H14ClN3O2. The molecule has 3 atom stereocenters. The Balaban J connectivity index is 1.42. The van der Waals surface area contributed by atoms with Crippen molar-refractivity contribution >= 4 is 23.1 Å². The molecule has 2 aliphatic carbocycles. The van der Waals surface area contributed by atoms with E-state index in [0.29, 0.717) is 28.6 Å². The third kappa shape index (κ3) is 2.13. The zero-order valence-electron chi connectivity index (χ0n) is 11.7. The largest absolute Gasteiger partial charge is 0.369 e. The van der Waals surface area contributed by atoms with Crippen LogP contribution in [0.2, 0.25) is 5.02 Å². The number of halogens is 1. The van der Waals surface area contributed by atoms with Crippen LogP contribution in [0.4, 0.5) is 11.5 Å². The molecule has 1 aromatic heterocycles. The number of nitro groups is 1. The van der Waals surface area contributed by atoms with Crippen molar-refractivity contribution in [2.45, 2.75) is 12.3 Å². The summed E-state index contributed by atoms with van der Waals surface area (Å²) in [4.78, 5) is 14.2. The van der Waals surface area contributed by atoms with Crippen molar-refractivity contribution in [1.29, 1.82) is 0 Å². The predicted molar refractivity (Wildman–Crippen MR) is 84.3 cm³/mol. The average molecular weight is 316 g/mol. The van der Waals surface area contributed by atoms with E-state index in [2.05, 4.69) is 34.6 Å². The maximum Gasteiger partial charge on any atom is 0.289 e. The van der Waals surface area contributed by atoms with Crippen LogP contribution in [0.15, 0.2) is 36.5 Å². The lowest BCUT2D eigenvalue weighted by Gasteiger charge is -2.10. The third-order valence-corrected chi connectivity index (χ3v) is 5.03. The van der Waals surface area contributed by atoms with Gasteiger partial charge in [-0.05, 0) is 35.3 Å². The average Bonchev–Trinajstić information content (AvgIpc) is 3.04. The van der Waals surface area contributed by atoms with E-state index in [4.69, 9.17) is 11.6 Å². The lowest BCUT2D eigenvalue weighted by molar-refractivity contribution is -0.385. The van der Waals surface area contributed by atoms with Crippen LogP contribution < -0.4 is 5.32 Å². The predicted octanol–water partition coefficient (Wildman–Crippen LogP) is 3.64. The Bertz CT molecular complexity index is 765. The first-order valence-corrected chi connectivity index (χ1v) is 7.64. The van der Waals surface area contributed by atoms with Crippen molar-refractivity contribution < 1.29 is 4.92 Å². The van der Waals surface area contributed by atoms with E-state index in [1.54, 1.807) is 0 Å². The van der Waals surface area contributed by atoms with Gasteiger partial charge in [-0.3, -0.25) is 10.1 Å². The van der Waals surface area contributed by atoms with Gasteiger partial charge in [0.1, 0.15) is 12.0 Å². The minimum atomic E-state index is -0.495. The van der Waals surface area contributed by atoms with Crippen LogP contribution >= 0.6 is 11.6 Å². The number of nitrogens with zero attached hydrogens (tertiary/aromatic N) is 2. The summed E-state index contributed by atoms with van der Waals surface area (Å²) in [6.07, 6.45) is 2.38. The van der Waals surface area contributed by atoms with Crippen molar-refractivity contribution in [2.24, 2.45) is 11.8 Å². The molecular weight excluding hydrogens is 302 g/mol. The Morgan fingerprint density at radius 3 is 3.00 bits per heavy atom. The molecule has 0 saturated heterocycles. The summed E-state index contributed by atoms with van der Waals surface area (Å²) >= 11 is 6.05. The topological polar surface area (TPSA) is 68.1 Å². The Hall–Kier alpha value is -2.14. The summed E-state index contributed by atoms with van der Waals surface area (Å²) in [6, 6.07) is 9.95. The van der Waals surface area contributed by atoms with E-state index in [-0.39, 0.29) is 5.69 Å². The third-order valence-electron chi connectivity index (χ3n) is 4.74. The van der Waals surface area contributed by atoms with Gasteiger partial charge in [0.15, 0.2) is 0 Å². The molecule has 0 aliphatic heterocycles. The van der Waals surface area contributed by atoms with E-state index < -0.39 is 4.92 Å². The number of benzene rings is 1. The maximum atomic E-state index is 10.7. The van der Waals surface area contributed by atoms with Crippen molar-refractivity contribution in [1.82, 2.24) is 4.98 Å². The standard InChI is InChI=1S/C16H14ClN3O2/c17-14-6-10(20(21)22)7-18-16(14)19-8-13-12-5-9-3-1-2-4-11(9)15(12)13/h1-4,6-7,12-13,15H,5,8H2,(H,18,19). The Morgan fingerprint density at radius 2 is 2.23 bits per heavy atom. The van der Waals surface area contributed by atoms with Crippen LogP contribution in [-0.2, 0) is 6.42 Å². The molecule has 4 rings (SSSR count). The fourth-order valence-corrected chi connectivity index (χ4v) is 3.86. The number of hydrogen-bond donors (Lipinski definition) is 1. The van der Waals surface area contributed by atoms with Crippen LogP contribution in [0, 0.1) is 22.0 Å². The van der Waals surface area contributed by atoms with E-state index in [9.17, 15) is 10.1 Å². The highest BCUT2D eigenvalue weighted by Gasteiger charge is 2.54. The van der Waals surface area contributed by atoms with Gasteiger partial charge in [-0.2, -0.15) is 0 Å². The van der Waals surface area contributed by atoms with Crippen molar-refractivity contribution in [2.75, 3.05) is 11.9 Å². The van der Waals surface area contributed by atoms with Gasteiger partial charge >= 0.3 is 0 Å². The molecule has 6 heteroatoms. The molecule has 1 aromatic carbocycles. The summed E-state index contributed by atoms with van der Waals surface area (Å²) in [7, 11) is 0. The highest BCUT2D eigenvalue weighted by Crippen LogP contribution is 2.61. The summed E-state index contributed by atoms with van der Waals surface area (Å²) in [5.41, 5.74) is 2.86. The number of fused-ring (bicyclic) bond motifs is 3. The molecule has 0 bridgehead atoms. The van der Waals surface area contributed by atoms with Crippen molar-refractivity contribution in [3.8, 4) is 0 Å². The molecule has 2 aromatic rings. The minimum Gasteiger partial charge on any atom is -0.369 e. The van der Waals surface area contributed by atoms with Gasteiger partial charge in [-0.15, -0.1) is 0 Å². The number of nitrogens with one attached hydrogen (secondary N) is 1. The zero-order chi connectivity index (χ0) is 15.3. The van der Waals surface area contributed by atoms with Crippen LogP contribution in [-0.4, -0.2) is 16.5 Å². The van der Waals surface area contributed by atoms with Gasteiger partial charge in [0.25, 0.3) is 5.69 Å². The zero-order valence-corrected chi connectivity index (χ0v) is 12.5. The second-order valence-corrected chi connectivity index (χ2v) is 6.33. The number of rotatable bonds is 4. The highest BCUT2D eigenvalue weighted by atomic mass is 35.5. The van der Waals surface area contributed by atoms with Crippen LogP contribution in [0.25, 0.3) is 0 Å².